The Hall–Kier alpha value is -0.710. The van der Waals surface area contributed by atoms with Gasteiger partial charge >= 0.3 is 0 Å². The molecular weight excluding hydrogens is 244 g/mol. The molecule has 0 aromatic rings. The SMILES string of the molecule is CC1=CC(=O)CC(C)(C)C1.CCC(CO)(CO)CO. The van der Waals surface area contributed by atoms with E-state index in [0.29, 0.717) is 12.8 Å². The standard InChI is InChI=1S/C9H14O.C6H14O3/c1-7-4-8(10)6-9(2,3)5-7;1-2-6(3-7,4-8)5-9/h4H,5-6H2,1-3H3;7-9H,2-5H2,1H3. The quantitative estimate of drug-likeness (QED) is 0.727. The summed E-state index contributed by atoms with van der Waals surface area (Å²) in [6.45, 7) is 7.66. The predicted octanol–water partition coefficient (Wildman–Crippen LogP) is 1.68. The first-order valence-corrected chi connectivity index (χ1v) is 6.77. The minimum atomic E-state index is -0.667. The van der Waals surface area contributed by atoms with Crippen LogP contribution in [0.2, 0.25) is 0 Å². The molecule has 0 radical (unpaired) electrons. The predicted molar refractivity (Wildman–Crippen MR) is 75.8 cm³/mol. The van der Waals surface area contributed by atoms with Gasteiger partial charge in [0.15, 0.2) is 5.78 Å². The number of rotatable bonds is 4. The summed E-state index contributed by atoms with van der Waals surface area (Å²) in [5.41, 5.74) is 0.761. The van der Waals surface area contributed by atoms with E-state index in [9.17, 15) is 4.79 Å². The number of carbonyl (C=O) groups is 1. The van der Waals surface area contributed by atoms with Crippen molar-refractivity contribution in [3.05, 3.63) is 11.6 Å². The van der Waals surface area contributed by atoms with E-state index >= 15 is 0 Å². The van der Waals surface area contributed by atoms with Gasteiger partial charge in [-0.25, -0.2) is 0 Å². The van der Waals surface area contributed by atoms with Gasteiger partial charge in [0.25, 0.3) is 0 Å². The number of aliphatic hydroxyl groups excluding tert-OH is 3. The van der Waals surface area contributed by atoms with E-state index < -0.39 is 5.41 Å². The fourth-order valence-corrected chi connectivity index (χ4v) is 2.15. The summed E-state index contributed by atoms with van der Waals surface area (Å²) in [5.74, 6) is 0.286. The molecule has 0 bridgehead atoms. The maximum atomic E-state index is 11.0. The maximum Gasteiger partial charge on any atom is 0.156 e. The lowest BCUT2D eigenvalue weighted by atomic mass is 9.77. The highest BCUT2D eigenvalue weighted by Crippen LogP contribution is 2.32. The van der Waals surface area contributed by atoms with E-state index in [1.807, 2.05) is 13.8 Å². The summed E-state index contributed by atoms with van der Waals surface area (Å²) >= 11 is 0. The molecule has 0 saturated carbocycles. The monoisotopic (exact) mass is 272 g/mol. The molecule has 4 nitrogen and oxygen atoms in total. The lowest BCUT2D eigenvalue weighted by Gasteiger charge is -2.27. The molecule has 0 spiro atoms. The topological polar surface area (TPSA) is 77.8 Å². The van der Waals surface area contributed by atoms with E-state index in [1.165, 1.54) is 5.57 Å². The van der Waals surface area contributed by atoms with Gasteiger partial charge in [0, 0.05) is 11.8 Å². The van der Waals surface area contributed by atoms with Gasteiger partial charge in [0.2, 0.25) is 0 Å². The molecule has 1 aliphatic carbocycles. The van der Waals surface area contributed by atoms with Crippen molar-refractivity contribution < 1.29 is 20.1 Å². The van der Waals surface area contributed by atoms with Crippen LogP contribution in [-0.2, 0) is 4.79 Å². The second-order valence-corrected chi connectivity index (χ2v) is 6.30. The van der Waals surface area contributed by atoms with E-state index in [4.69, 9.17) is 15.3 Å². The molecule has 112 valence electrons. The van der Waals surface area contributed by atoms with Crippen LogP contribution < -0.4 is 0 Å². The third-order valence-corrected chi connectivity index (χ3v) is 3.57. The zero-order chi connectivity index (χ0) is 15.1. The molecule has 0 aliphatic heterocycles. The molecule has 4 heteroatoms. The number of allylic oxidation sites excluding steroid dienone is 2. The van der Waals surface area contributed by atoms with Crippen molar-refractivity contribution in [3.63, 3.8) is 0 Å². The van der Waals surface area contributed by atoms with E-state index in [1.54, 1.807) is 6.08 Å². The minimum Gasteiger partial charge on any atom is -0.396 e. The largest absolute Gasteiger partial charge is 0.396 e. The maximum absolute atomic E-state index is 11.0. The molecule has 0 aromatic carbocycles. The first-order valence-electron chi connectivity index (χ1n) is 6.77. The number of aliphatic hydroxyl groups is 3. The lowest BCUT2D eigenvalue weighted by molar-refractivity contribution is -0.117. The zero-order valence-corrected chi connectivity index (χ0v) is 12.6. The second-order valence-electron chi connectivity index (χ2n) is 6.30. The summed E-state index contributed by atoms with van der Waals surface area (Å²) in [4.78, 5) is 11.0. The van der Waals surface area contributed by atoms with Gasteiger partial charge in [-0.05, 0) is 31.3 Å². The van der Waals surface area contributed by atoms with E-state index in [0.717, 1.165) is 6.42 Å². The Morgan fingerprint density at radius 3 is 1.84 bits per heavy atom. The van der Waals surface area contributed by atoms with Crippen molar-refractivity contribution in [2.75, 3.05) is 19.8 Å². The Morgan fingerprint density at radius 1 is 1.16 bits per heavy atom. The Morgan fingerprint density at radius 2 is 1.63 bits per heavy atom. The van der Waals surface area contributed by atoms with Crippen molar-refractivity contribution in [1.29, 1.82) is 0 Å². The summed E-state index contributed by atoms with van der Waals surface area (Å²) in [6.07, 6.45) is 4.14. The smallest absolute Gasteiger partial charge is 0.156 e. The Labute approximate surface area is 116 Å². The fourth-order valence-electron chi connectivity index (χ4n) is 2.15. The van der Waals surface area contributed by atoms with E-state index in [-0.39, 0.29) is 31.0 Å². The van der Waals surface area contributed by atoms with Crippen LogP contribution in [0.15, 0.2) is 11.6 Å². The molecule has 1 aliphatic rings. The zero-order valence-electron chi connectivity index (χ0n) is 12.6. The molecule has 1 rings (SSSR count). The molecule has 0 unspecified atom stereocenters. The molecule has 0 fully saturated rings. The molecule has 0 aromatic heterocycles. The van der Waals surface area contributed by atoms with Crippen LogP contribution in [0.25, 0.3) is 0 Å². The Bertz CT molecular complexity index is 297. The summed E-state index contributed by atoms with van der Waals surface area (Å²) < 4.78 is 0. The lowest BCUT2D eigenvalue weighted by Crippen LogP contribution is -2.32. The Kier molecular flexibility index (Phi) is 7.49. The average Bonchev–Trinajstić information content (AvgIpc) is 2.30. The number of hydrogen-bond donors (Lipinski definition) is 3. The minimum absolute atomic E-state index is 0.156. The van der Waals surface area contributed by atoms with Crippen LogP contribution >= 0.6 is 0 Å². The van der Waals surface area contributed by atoms with Crippen LogP contribution in [0.3, 0.4) is 0 Å². The Balaban J connectivity index is 0.000000344. The first-order chi connectivity index (χ1) is 8.74. The van der Waals surface area contributed by atoms with Crippen LogP contribution in [0.4, 0.5) is 0 Å². The third-order valence-electron chi connectivity index (χ3n) is 3.57. The van der Waals surface area contributed by atoms with E-state index in [2.05, 4.69) is 13.8 Å². The number of hydrogen-bond acceptors (Lipinski definition) is 4. The second kappa shape index (κ2) is 7.78. The van der Waals surface area contributed by atoms with Crippen molar-refractivity contribution in [2.45, 2.75) is 47.0 Å². The molecule has 0 saturated heterocycles. The van der Waals surface area contributed by atoms with Crippen LogP contribution in [-0.4, -0.2) is 40.9 Å². The third kappa shape index (κ3) is 6.32. The van der Waals surface area contributed by atoms with Gasteiger partial charge < -0.3 is 15.3 Å². The van der Waals surface area contributed by atoms with Gasteiger partial charge in [-0.1, -0.05) is 26.3 Å². The highest BCUT2D eigenvalue weighted by Gasteiger charge is 2.25. The van der Waals surface area contributed by atoms with Gasteiger partial charge in [0.05, 0.1) is 19.8 Å². The molecule has 0 amide bonds. The number of ketones is 1. The number of carbonyl (C=O) groups excluding carboxylic acids is 1. The van der Waals surface area contributed by atoms with Crippen LogP contribution in [0, 0.1) is 10.8 Å². The van der Waals surface area contributed by atoms with Gasteiger partial charge in [-0.3, -0.25) is 4.79 Å². The van der Waals surface area contributed by atoms with Crippen molar-refractivity contribution in [2.24, 2.45) is 10.8 Å². The van der Waals surface area contributed by atoms with Gasteiger partial charge in [-0.2, -0.15) is 0 Å². The van der Waals surface area contributed by atoms with Crippen LogP contribution in [0.1, 0.15) is 47.0 Å². The van der Waals surface area contributed by atoms with Gasteiger partial charge in [-0.15, -0.1) is 0 Å². The van der Waals surface area contributed by atoms with Crippen molar-refractivity contribution in [1.82, 2.24) is 0 Å². The normalized spacial score (nSPS) is 18.5. The molecular formula is C15H28O4. The van der Waals surface area contributed by atoms with Crippen molar-refractivity contribution in [3.8, 4) is 0 Å². The first kappa shape index (κ1) is 18.3. The summed E-state index contributed by atoms with van der Waals surface area (Å²) in [5, 5.41) is 26.0. The molecule has 0 heterocycles. The summed E-state index contributed by atoms with van der Waals surface area (Å²) in [7, 11) is 0. The molecule has 3 N–H and O–H groups in total. The highest BCUT2D eigenvalue weighted by molar-refractivity contribution is 5.91. The highest BCUT2D eigenvalue weighted by atomic mass is 16.3. The molecule has 0 atom stereocenters. The molecule has 19 heavy (non-hydrogen) atoms. The summed E-state index contributed by atoms with van der Waals surface area (Å²) in [6, 6.07) is 0. The fraction of sp³-hybridized carbons (Fsp3) is 0.800. The van der Waals surface area contributed by atoms with Crippen molar-refractivity contribution >= 4 is 5.78 Å². The average molecular weight is 272 g/mol. The van der Waals surface area contributed by atoms with Gasteiger partial charge in [0.1, 0.15) is 0 Å². The van der Waals surface area contributed by atoms with Crippen LogP contribution in [0.5, 0.6) is 0 Å².